The minimum Gasteiger partial charge on any atom is -0.493 e. The molecule has 0 aliphatic heterocycles. The monoisotopic (exact) mass is 236 g/mol. The molecule has 0 radical (unpaired) electrons. The van der Waals surface area contributed by atoms with Crippen LogP contribution in [0.5, 0.6) is 11.5 Å². The molecule has 0 saturated heterocycles. The van der Waals surface area contributed by atoms with Crippen LogP contribution in [0.3, 0.4) is 0 Å². The van der Waals surface area contributed by atoms with Gasteiger partial charge in [0.15, 0.2) is 29.7 Å². The van der Waals surface area contributed by atoms with Crippen LogP contribution < -0.4 is 9.47 Å². The minimum atomic E-state index is -0.588. The van der Waals surface area contributed by atoms with Crippen LogP contribution in [0, 0.1) is 0 Å². The second-order valence-electron chi connectivity index (χ2n) is 3.58. The maximum absolute atomic E-state index is 11.5. The van der Waals surface area contributed by atoms with Crippen molar-refractivity contribution in [3.8, 4) is 11.5 Å². The summed E-state index contributed by atoms with van der Waals surface area (Å²) >= 11 is 0. The molecule has 1 aromatic carbocycles. The van der Waals surface area contributed by atoms with Crippen molar-refractivity contribution in [2.75, 3.05) is 7.11 Å². The molecule has 17 heavy (non-hydrogen) atoms. The van der Waals surface area contributed by atoms with Crippen molar-refractivity contribution in [3.05, 3.63) is 23.8 Å². The summed E-state index contributed by atoms with van der Waals surface area (Å²) in [6.07, 6.45) is 0.489. The number of methoxy groups -OCH3 is 1. The zero-order chi connectivity index (χ0) is 12.8. The van der Waals surface area contributed by atoms with Gasteiger partial charge in [-0.1, -0.05) is 13.0 Å². The Kier molecular flexibility index (Phi) is 4.69. The largest absolute Gasteiger partial charge is 0.493 e. The Hall–Kier alpha value is -1.84. The molecule has 0 amide bonds. The molecule has 0 saturated carbocycles. The minimum absolute atomic E-state index is 0.0206. The molecular weight excluding hydrogens is 220 g/mol. The summed E-state index contributed by atoms with van der Waals surface area (Å²) in [5, 5.41) is 0. The molecule has 0 bridgehead atoms. The van der Waals surface area contributed by atoms with Crippen molar-refractivity contribution >= 4 is 12.1 Å². The van der Waals surface area contributed by atoms with E-state index in [9.17, 15) is 9.59 Å². The van der Waals surface area contributed by atoms with Gasteiger partial charge in [0.25, 0.3) is 0 Å². The SMILES string of the molecule is CCC(=O)C(C)Oc1c(C=O)cccc1OC. The summed E-state index contributed by atoms with van der Waals surface area (Å²) in [4.78, 5) is 22.4. The normalized spacial score (nSPS) is 11.7. The van der Waals surface area contributed by atoms with E-state index in [1.807, 2.05) is 0 Å². The van der Waals surface area contributed by atoms with E-state index in [2.05, 4.69) is 0 Å². The molecule has 0 heterocycles. The number of ether oxygens (including phenoxy) is 2. The van der Waals surface area contributed by atoms with Crippen molar-refractivity contribution < 1.29 is 19.1 Å². The molecule has 92 valence electrons. The van der Waals surface area contributed by atoms with Gasteiger partial charge in [-0.3, -0.25) is 9.59 Å². The summed E-state index contributed by atoms with van der Waals surface area (Å²) in [6.45, 7) is 3.43. The zero-order valence-corrected chi connectivity index (χ0v) is 10.2. The lowest BCUT2D eigenvalue weighted by atomic mass is 10.1. The van der Waals surface area contributed by atoms with Crippen LogP contribution in [0.15, 0.2) is 18.2 Å². The topological polar surface area (TPSA) is 52.6 Å². The summed E-state index contributed by atoms with van der Waals surface area (Å²) < 4.78 is 10.6. The number of benzene rings is 1. The van der Waals surface area contributed by atoms with Gasteiger partial charge in [-0.25, -0.2) is 0 Å². The molecular formula is C13H16O4. The maximum atomic E-state index is 11.5. The smallest absolute Gasteiger partial charge is 0.172 e. The quantitative estimate of drug-likeness (QED) is 0.711. The second kappa shape index (κ2) is 6.03. The van der Waals surface area contributed by atoms with E-state index < -0.39 is 6.10 Å². The van der Waals surface area contributed by atoms with E-state index in [0.29, 0.717) is 29.8 Å². The van der Waals surface area contributed by atoms with Crippen molar-refractivity contribution in [1.82, 2.24) is 0 Å². The lowest BCUT2D eigenvalue weighted by Gasteiger charge is -2.16. The average Bonchev–Trinajstić information content (AvgIpc) is 2.37. The Labute approximate surface area is 101 Å². The Morgan fingerprint density at radius 3 is 2.71 bits per heavy atom. The maximum Gasteiger partial charge on any atom is 0.172 e. The van der Waals surface area contributed by atoms with Crippen molar-refractivity contribution in [3.63, 3.8) is 0 Å². The molecule has 1 unspecified atom stereocenters. The summed E-state index contributed by atoms with van der Waals surface area (Å²) in [5.41, 5.74) is 0.375. The van der Waals surface area contributed by atoms with E-state index in [0.717, 1.165) is 0 Å². The van der Waals surface area contributed by atoms with Crippen LogP contribution >= 0.6 is 0 Å². The second-order valence-corrected chi connectivity index (χ2v) is 3.58. The summed E-state index contributed by atoms with van der Waals surface area (Å²) in [7, 11) is 1.49. The third-order valence-corrected chi connectivity index (χ3v) is 2.45. The highest BCUT2D eigenvalue weighted by Crippen LogP contribution is 2.31. The third-order valence-electron chi connectivity index (χ3n) is 2.45. The molecule has 0 aliphatic carbocycles. The van der Waals surface area contributed by atoms with Gasteiger partial charge in [0.1, 0.15) is 0 Å². The molecule has 0 aromatic heterocycles. The van der Waals surface area contributed by atoms with E-state index in [-0.39, 0.29) is 5.78 Å². The fourth-order valence-corrected chi connectivity index (χ4v) is 1.44. The number of hydrogen-bond acceptors (Lipinski definition) is 4. The third kappa shape index (κ3) is 3.06. The van der Waals surface area contributed by atoms with E-state index in [1.165, 1.54) is 7.11 Å². The van der Waals surface area contributed by atoms with E-state index in [1.54, 1.807) is 32.0 Å². The predicted octanol–water partition coefficient (Wildman–Crippen LogP) is 2.25. The zero-order valence-electron chi connectivity index (χ0n) is 10.2. The number of rotatable bonds is 6. The molecule has 4 nitrogen and oxygen atoms in total. The highest BCUT2D eigenvalue weighted by Gasteiger charge is 2.17. The highest BCUT2D eigenvalue weighted by molar-refractivity contribution is 5.84. The van der Waals surface area contributed by atoms with Crippen LogP contribution in [0.1, 0.15) is 30.6 Å². The number of carbonyl (C=O) groups is 2. The van der Waals surface area contributed by atoms with Crippen LogP contribution in [0.4, 0.5) is 0 Å². The van der Waals surface area contributed by atoms with Gasteiger partial charge >= 0.3 is 0 Å². The molecule has 0 spiro atoms. The van der Waals surface area contributed by atoms with Gasteiger partial charge in [-0.15, -0.1) is 0 Å². The number of Topliss-reactive ketones (excluding diaryl/α,β-unsaturated/α-hetero) is 1. The molecule has 0 fully saturated rings. The number of ketones is 1. The first kappa shape index (κ1) is 13.2. The van der Waals surface area contributed by atoms with E-state index >= 15 is 0 Å². The van der Waals surface area contributed by atoms with Gasteiger partial charge < -0.3 is 9.47 Å². The summed E-state index contributed by atoms with van der Waals surface area (Å²) in [5.74, 6) is 0.748. The van der Waals surface area contributed by atoms with E-state index in [4.69, 9.17) is 9.47 Å². The van der Waals surface area contributed by atoms with Gasteiger partial charge in [-0.2, -0.15) is 0 Å². The number of carbonyl (C=O) groups excluding carboxylic acids is 2. The van der Waals surface area contributed by atoms with Gasteiger partial charge in [0.05, 0.1) is 12.7 Å². The van der Waals surface area contributed by atoms with Crippen molar-refractivity contribution in [2.45, 2.75) is 26.4 Å². The van der Waals surface area contributed by atoms with Crippen molar-refractivity contribution in [1.29, 1.82) is 0 Å². The first-order chi connectivity index (χ1) is 8.13. The lowest BCUT2D eigenvalue weighted by Crippen LogP contribution is -2.23. The number of aldehydes is 1. The number of para-hydroxylation sites is 1. The highest BCUT2D eigenvalue weighted by atomic mass is 16.5. The van der Waals surface area contributed by atoms with Crippen LogP contribution in [0.2, 0.25) is 0 Å². The van der Waals surface area contributed by atoms with Gasteiger partial charge in [0.2, 0.25) is 0 Å². The van der Waals surface area contributed by atoms with Crippen molar-refractivity contribution in [2.24, 2.45) is 0 Å². The molecule has 0 N–H and O–H groups in total. The molecule has 1 atom stereocenters. The Balaban J connectivity index is 3.03. The van der Waals surface area contributed by atoms with Crippen LogP contribution in [-0.4, -0.2) is 25.3 Å². The lowest BCUT2D eigenvalue weighted by molar-refractivity contribution is -0.124. The fraction of sp³-hybridized carbons (Fsp3) is 0.385. The van der Waals surface area contributed by atoms with Crippen LogP contribution in [0.25, 0.3) is 0 Å². The van der Waals surface area contributed by atoms with Gasteiger partial charge in [0, 0.05) is 6.42 Å². The Morgan fingerprint density at radius 2 is 2.18 bits per heavy atom. The Morgan fingerprint density at radius 1 is 1.47 bits per heavy atom. The molecule has 4 heteroatoms. The van der Waals surface area contributed by atoms with Crippen LogP contribution in [-0.2, 0) is 4.79 Å². The summed E-state index contributed by atoms with van der Waals surface area (Å²) in [6, 6.07) is 5.00. The molecule has 1 rings (SSSR count). The first-order valence-electron chi connectivity index (χ1n) is 5.45. The van der Waals surface area contributed by atoms with Gasteiger partial charge in [-0.05, 0) is 19.1 Å². The number of hydrogen-bond donors (Lipinski definition) is 0. The first-order valence-corrected chi connectivity index (χ1v) is 5.45. The molecule has 0 aliphatic rings. The predicted molar refractivity (Wildman–Crippen MR) is 63.8 cm³/mol. The fourth-order valence-electron chi connectivity index (χ4n) is 1.44. The standard InChI is InChI=1S/C13H16O4/c1-4-11(15)9(2)17-13-10(8-14)6-5-7-12(13)16-3/h5-9H,4H2,1-3H3. The average molecular weight is 236 g/mol. The molecule has 1 aromatic rings. The Bertz CT molecular complexity index is 412.